The number of aromatic nitrogens is 4. The molecule has 3 aliphatic rings. The smallest absolute Gasteiger partial charge is 0.159 e. The molecule has 3 aliphatic heterocycles. The van der Waals surface area contributed by atoms with Crippen molar-refractivity contribution in [2.24, 2.45) is 0 Å². The number of aryl methyl sites for hydroxylation is 2. The number of benzene rings is 1. The number of fused-ring (bicyclic) bond motifs is 3. The van der Waals surface area contributed by atoms with Crippen LogP contribution in [0, 0.1) is 13.8 Å². The fourth-order valence-corrected chi connectivity index (χ4v) is 5.85. The van der Waals surface area contributed by atoms with E-state index in [1.54, 1.807) is 0 Å². The molecule has 8 nitrogen and oxygen atoms in total. The monoisotopic (exact) mass is 464 g/mol. The molecule has 0 spiro atoms. The molecule has 178 valence electrons. The first kappa shape index (κ1) is 21.6. The molecule has 3 aromatic rings. The summed E-state index contributed by atoms with van der Waals surface area (Å²) < 4.78 is 22.8. The first-order valence-corrected chi connectivity index (χ1v) is 12.0. The quantitative estimate of drug-likeness (QED) is 0.538. The van der Waals surface area contributed by atoms with Gasteiger partial charge in [0.2, 0.25) is 0 Å². The Hall–Kier alpha value is -2.91. The predicted octanol–water partition coefficient (Wildman–Crippen LogP) is 2.74. The number of hydrogen-bond acceptors (Lipinski definition) is 7. The second kappa shape index (κ2) is 8.39. The number of halogens is 1. The number of alkyl halides is 1. The van der Waals surface area contributed by atoms with E-state index in [1.807, 2.05) is 35.7 Å². The number of ether oxygens (including phenoxy) is 1. The summed E-state index contributed by atoms with van der Waals surface area (Å²) in [5.74, 6) is 2.12. The molecule has 34 heavy (non-hydrogen) atoms. The molecule has 0 amide bonds. The van der Waals surface area contributed by atoms with Gasteiger partial charge in [-0.3, -0.25) is 4.90 Å². The van der Waals surface area contributed by atoms with E-state index >= 15 is 4.39 Å². The summed E-state index contributed by atoms with van der Waals surface area (Å²) in [5, 5.41) is 5.65. The first-order valence-electron chi connectivity index (χ1n) is 12.0. The third-order valence-electron chi connectivity index (χ3n) is 7.54. The van der Waals surface area contributed by atoms with Crippen LogP contribution in [0.15, 0.2) is 24.4 Å². The zero-order valence-electron chi connectivity index (χ0n) is 19.5. The molecule has 4 unspecified atom stereocenters. The number of anilines is 1. The van der Waals surface area contributed by atoms with Crippen molar-refractivity contribution in [3.05, 3.63) is 41.3 Å². The zero-order valence-corrected chi connectivity index (χ0v) is 19.5. The summed E-state index contributed by atoms with van der Waals surface area (Å²) in [6, 6.07) is 6.52. The first-order chi connectivity index (χ1) is 16.5. The van der Waals surface area contributed by atoms with E-state index in [4.69, 9.17) is 9.72 Å². The van der Waals surface area contributed by atoms with Gasteiger partial charge in [-0.05, 0) is 56.5 Å². The standard InChI is InChI=1S/C25H29FN6O2/c1-15-7-17-11-27-32(23(17)9-21(15)20-3-4-30(5-6-33)13-22(20)26)25-10-24(28-16(2)29-25)31-12-19-8-18(31)14-34-19/h6-7,9-11,18-20,22H,3-5,8,12-14H2,1-2H3. The van der Waals surface area contributed by atoms with Crippen LogP contribution in [-0.2, 0) is 9.53 Å². The minimum atomic E-state index is -1.01. The minimum absolute atomic E-state index is 0.196. The lowest BCUT2D eigenvalue weighted by Crippen LogP contribution is -2.41. The van der Waals surface area contributed by atoms with Crippen molar-refractivity contribution in [3.8, 4) is 5.82 Å². The van der Waals surface area contributed by atoms with Crippen molar-refractivity contribution in [2.75, 3.05) is 37.7 Å². The SMILES string of the molecule is Cc1nc(N2CC3CC2CO3)cc(-n2ncc3cc(C)c(C4CCN(CC=O)CC4F)cc32)n1. The van der Waals surface area contributed by atoms with Crippen LogP contribution < -0.4 is 4.90 Å². The molecule has 3 fully saturated rings. The predicted molar refractivity (Wildman–Crippen MR) is 126 cm³/mol. The molecule has 5 heterocycles. The van der Waals surface area contributed by atoms with Gasteiger partial charge in [0.25, 0.3) is 0 Å². The maximum atomic E-state index is 15.2. The normalized spacial score (nSPS) is 27.1. The van der Waals surface area contributed by atoms with E-state index in [1.165, 1.54) is 0 Å². The Balaban J connectivity index is 1.36. The van der Waals surface area contributed by atoms with Crippen LogP contribution in [0.5, 0.6) is 0 Å². The average molecular weight is 465 g/mol. The van der Waals surface area contributed by atoms with Crippen LogP contribution in [0.25, 0.3) is 16.7 Å². The summed E-state index contributed by atoms with van der Waals surface area (Å²) in [4.78, 5) is 24.4. The number of rotatable bonds is 5. The highest BCUT2D eigenvalue weighted by Gasteiger charge is 2.40. The molecule has 1 aromatic carbocycles. The van der Waals surface area contributed by atoms with Crippen LogP contribution in [-0.4, -0.2) is 82.0 Å². The van der Waals surface area contributed by atoms with Crippen LogP contribution >= 0.6 is 0 Å². The Labute approximate surface area is 197 Å². The Kier molecular flexibility index (Phi) is 5.33. The van der Waals surface area contributed by atoms with Crippen molar-refractivity contribution in [1.82, 2.24) is 24.6 Å². The molecule has 4 atom stereocenters. The van der Waals surface area contributed by atoms with Crippen molar-refractivity contribution in [2.45, 2.75) is 50.9 Å². The second-order valence-electron chi connectivity index (χ2n) is 9.79. The number of aldehydes is 1. The Morgan fingerprint density at radius 3 is 2.76 bits per heavy atom. The highest BCUT2D eigenvalue weighted by atomic mass is 19.1. The van der Waals surface area contributed by atoms with Crippen LogP contribution in [0.3, 0.4) is 0 Å². The lowest BCUT2D eigenvalue weighted by atomic mass is 9.85. The van der Waals surface area contributed by atoms with E-state index in [-0.39, 0.29) is 25.1 Å². The van der Waals surface area contributed by atoms with Crippen LogP contribution in [0.1, 0.15) is 35.7 Å². The van der Waals surface area contributed by atoms with E-state index in [0.717, 1.165) is 60.3 Å². The molecular weight excluding hydrogens is 435 g/mol. The molecule has 0 aliphatic carbocycles. The molecule has 2 bridgehead atoms. The largest absolute Gasteiger partial charge is 0.374 e. The number of carbonyl (C=O) groups excluding carboxylic acids is 1. The van der Waals surface area contributed by atoms with Gasteiger partial charge in [-0.2, -0.15) is 5.10 Å². The fourth-order valence-electron chi connectivity index (χ4n) is 5.85. The molecule has 0 radical (unpaired) electrons. The van der Waals surface area contributed by atoms with Gasteiger partial charge in [-0.15, -0.1) is 0 Å². The molecular formula is C25H29FN6O2. The third kappa shape index (κ3) is 3.67. The van der Waals surface area contributed by atoms with Gasteiger partial charge in [0.15, 0.2) is 5.82 Å². The number of carbonyl (C=O) groups is 1. The van der Waals surface area contributed by atoms with Crippen molar-refractivity contribution in [3.63, 3.8) is 0 Å². The lowest BCUT2D eigenvalue weighted by molar-refractivity contribution is -0.109. The maximum absolute atomic E-state index is 15.2. The number of piperidine rings is 1. The van der Waals surface area contributed by atoms with Gasteiger partial charge >= 0.3 is 0 Å². The van der Waals surface area contributed by atoms with E-state index in [9.17, 15) is 4.79 Å². The summed E-state index contributed by atoms with van der Waals surface area (Å²) >= 11 is 0. The molecule has 6 rings (SSSR count). The number of likely N-dealkylation sites (tertiary alicyclic amines) is 1. The fraction of sp³-hybridized carbons (Fsp3) is 0.520. The maximum Gasteiger partial charge on any atom is 0.159 e. The highest BCUT2D eigenvalue weighted by Crippen LogP contribution is 2.36. The lowest BCUT2D eigenvalue weighted by Gasteiger charge is -2.34. The summed E-state index contributed by atoms with van der Waals surface area (Å²) in [6.45, 7) is 6.83. The van der Waals surface area contributed by atoms with Crippen molar-refractivity contribution < 1.29 is 13.9 Å². The van der Waals surface area contributed by atoms with E-state index in [0.29, 0.717) is 24.1 Å². The van der Waals surface area contributed by atoms with E-state index < -0.39 is 6.17 Å². The Morgan fingerprint density at radius 2 is 2.03 bits per heavy atom. The van der Waals surface area contributed by atoms with Crippen LogP contribution in [0.2, 0.25) is 0 Å². The number of hydrogen-bond donors (Lipinski definition) is 0. The van der Waals surface area contributed by atoms with Crippen molar-refractivity contribution >= 4 is 23.0 Å². The summed E-state index contributed by atoms with van der Waals surface area (Å²) in [6.07, 6.45) is 3.69. The minimum Gasteiger partial charge on any atom is -0.374 e. The Morgan fingerprint density at radius 1 is 1.18 bits per heavy atom. The zero-order chi connectivity index (χ0) is 23.4. The second-order valence-corrected chi connectivity index (χ2v) is 9.79. The topological polar surface area (TPSA) is 76.4 Å². The molecule has 2 aromatic heterocycles. The molecule has 0 saturated carbocycles. The van der Waals surface area contributed by atoms with E-state index in [2.05, 4.69) is 27.1 Å². The molecule has 0 N–H and O–H groups in total. The third-order valence-corrected chi connectivity index (χ3v) is 7.54. The van der Waals surface area contributed by atoms with Gasteiger partial charge in [0, 0.05) is 30.5 Å². The van der Waals surface area contributed by atoms with Gasteiger partial charge < -0.3 is 14.4 Å². The molecule has 3 saturated heterocycles. The van der Waals surface area contributed by atoms with Gasteiger partial charge in [-0.1, -0.05) is 0 Å². The van der Waals surface area contributed by atoms with Gasteiger partial charge in [0.1, 0.15) is 24.1 Å². The van der Waals surface area contributed by atoms with Gasteiger partial charge in [-0.25, -0.2) is 19.0 Å². The number of morpholine rings is 1. The Bertz CT molecular complexity index is 1250. The van der Waals surface area contributed by atoms with Crippen LogP contribution in [0.4, 0.5) is 10.2 Å². The summed E-state index contributed by atoms with van der Waals surface area (Å²) in [7, 11) is 0. The number of nitrogens with zero attached hydrogens (tertiary/aromatic N) is 6. The van der Waals surface area contributed by atoms with Gasteiger partial charge in [0.05, 0.1) is 37.0 Å². The summed E-state index contributed by atoms with van der Waals surface area (Å²) in [5.41, 5.74) is 2.99. The van der Waals surface area contributed by atoms with Crippen molar-refractivity contribution in [1.29, 1.82) is 0 Å². The highest BCUT2D eigenvalue weighted by molar-refractivity contribution is 5.82. The molecule has 9 heteroatoms. The average Bonchev–Trinajstić information content (AvgIpc) is 3.54.